The summed E-state index contributed by atoms with van der Waals surface area (Å²) < 4.78 is 10.3. The van der Waals surface area contributed by atoms with Crippen LogP contribution in [-0.4, -0.2) is 10.9 Å². The van der Waals surface area contributed by atoms with Crippen LogP contribution in [-0.2, 0) is 0 Å². The van der Waals surface area contributed by atoms with Gasteiger partial charge in [0.1, 0.15) is 11.3 Å². The molecular weight excluding hydrogens is 314 g/mol. The number of hydrogen-bond acceptors (Lipinski definition) is 6. The van der Waals surface area contributed by atoms with Gasteiger partial charge in [-0.3, -0.25) is 10.1 Å². The van der Waals surface area contributed by atoms with Crippen molar-refractivity contribution in [3.63, 3.8) is 0 Å². The van der Waals surface area contributed by atoms with Crippen LogP contribution in [0.2, 0.25) is 0 Å². The second-order valence-electron chi connectivity index (χ2n) is 5.10. The highest BCUT2D eigenvalue weighted by atomic mass is 16.6. The average molecular weight is 325 g/mol. The van der Waals surface area contributed by atoms with E-state index >= 15 is 0 Å². The zero-order valence-corrected chi connectivity index (χ0v) is 12.5. The molecule has 0 amide bonds. The third-order valence-corrected chi connectivity index (χ3v) is 3.44. The third-order valence-electron chi connectivity index (χ3n) is 3.44. The molecule has 3 rings (SSSR count). The van der Waals surface area contributed by atoms with Gasteiger partial charge in [-0.25, -0.2) is 9.59 Å². The molecule has 7 heteroatoms. The molecule has 2 aromatic carbocycles. The minimum Gasteiger partial charge on any atom is -0.423 e. The zero-order valence-electron chi connectivity index (χ0n) is 12.5. The van der Waals surface area contributed by atoms with Gasteiger partial charge >= 0.3 is 11.6 Å². The molecule has 0 bridgehead atoms. The largest absolute Gasteiger partial charge is 0.423 e. The highest BCUT2D eigenvalue weighted by molar-refractivity contribution is 5.92. The van der Waals surface area contributed by atoms with Crippen LogP contribution in [0, 0.1) is 17.0 Å². The van der Waals surface area contributed by atoms with E-state index in [4.69, 9.17) is 9.15 Å². The summed E-state index contributed by atoms with van der Waals surface area (Å²) >= 11 is 0. The Balaban J connectivity index is 1.90. The Morgan fingerprint density at radius 1 is 1.12 bits per heavy atom. The van der Waals surface area contributed by atoms with Gasteiger partial charge in [0.2, 0.25) is 0 Å². The third kappa shape index (κ3) is 3.00. The molecule has 0 aliphatic heterocycles. The molecule has 3 aromatic rings. The number of carbonyl (C=O) groups is 1. The van der Waals surface area contributed by atoms with Gasteiger partial charge in [0.15, 0.2) is 0 Å². The molecule has 0 saturated heterocycles. The minimum atomic E-state index is -0.665. The van der Waals surface area contributed by atoms with Crippen molar-refractivity contribution in [2.45, 2.75) is 6.92 Å². The Kier molecular flexibility index (Phi) is 3.83. The Morgan fingerprint density at radius 3 is 2.50 bits per heavy atom. The van der Waals surface area contributed by atoms with Crippen LogP contribution in [0.1, 0.15) is 15.9 Å². The summed E-state index contributed by atoms with van der Waals surface area (Å²) in [6, 6.07) is 11.1. The second kappa shape index (κ2) is 5.96. The monoisotopic (exact) mass is 325 g/mol. The summed E-state index contributed by atoms with van der Waals surface area (Å²) in [6.45, 7) is 1.80. The zero-order chi connectivity index (χ0) is 17.3. The first-order valence-corrected chi connectivity index (χ1v) is 6.95. The van der Waals surface area contributed by atoms with Crippen molar-refractivity contribution >= 4 is 22.6 Å². The number of benzene rings is 2. The number of nitro benzene ring substituents is 1. The molecule has 0 radical (unpaired) electrons. The van der Waals surface area contributed by atoms with Crippen molar-refractivity contribution in [2.75, 3.05) is 0 Å². The topological polar surface area (TPSA) is 99.7 Å². The highest BCUT2D eigenvalue weighted by Crippen LogP contribution is 2.24. The fraction of sp³-hybridized carbons (Fsp3) is 0.0588. The summed E-state index contributed by atoms with van der Waals surface area (Å²) in [5.74, 6) is -0.445. The molecule has 0 spiro atoms. The van der Waals surface area contributed by atoms with E-state index in [1.807, 2.05) is 0 Å². The first-order valence-electron chi connectivity index (χ1n) is 6.95. The highest BCUT2D eigenvalue weighted by Gasteiger charge is 2.13. The van der Waals surface area contributed by atoms with Gasteiger partial charge in [-0.05, 0) is 36.8 Å². The molecule has 0 unspecified atom stereocenters. The molecule has 7 nitrogen and oxygen atoms in total. The van der Waals surface area contributed by atoms with Crippen molar-refractivity contribution in [3.05, 3.63) is 80.2 Å². The van der Waals surface area contributed by atoms with Gasteiger partial charge in [0.05, 0.1) is 10.5 Å². The predicted molar refractivity (Wildman–Crippen MR) is 85.3 cm³/mol. The van der Waals surface area contributed by atoms with Crippen LogP contribution in [0.25, 0.3) is 11.0 Å². The summed E-state index contributed by atoms with van der Waals surface area (Å²) in [4.78, 5) is 33.5. The van der Waals surface area contributed by atoms with Crippen molar-refractivity contribution in [1.82, 2.24) is 0 Å². The number of hydrogen-bond donors (Lipinski definition) is 0. The van der Waals surface area contributed by atoms with Gasteiger partial charge in [-0.15, -0.1) is 0 Å². The van der Waals surface area contributed by atoms with Crippen molar-refractivity contribution in [3.8, 4) is 5.75 Å². The minimum absolute atomic E-state index is 0.116. The lowest BCUT2D eigenvalue weighted by atomic mass is 10.1. The molecule has 0 N–H and O–H groups in total. The first kappa shape index (κ1) is 15.4. The van der Waals surface area contributed by atoms with E-state index in [0.29, 0.717) is 5.58 Å². The number of non-ortho nitro benzene ring substituents is 1. The van der Waals surface area contributed by atoms with Crippen LogP contribution in [0.4, 0.5) is 5.69 Å². The number of fused-ring (bicyclic) bond motifs is 1. The van der Waals surface area contributed by atoms with Crippen molar-refractivity contribution in [2.24, 2.45) is 0 Å². The van der Waals surface area contributed by atoms with Gasteiger partial charge in [-0.2, -0.15) is 0 Å². The fourth-order valence-corrected chi connectivity index (χ4v) is 2.27. The smallest absolute Gasteiger partial charge is 0.343 e. The first-order chi connectivity index (χ1) is 11.4. The molecule has 0 fully saturated rings. The number of esters is 1. The lowest BCUT2D eigenvalue weighted by molar-refractivity contribution is -0.384. The molecule has 120 valence electrons. The normalized spacial score (nSPS) is 10.5. The molecule has 0 atom stereocenters. The average Bonchev–Trinajstić information content (AvgIpc) is 2.54. The van der Waals surface area contributed by atoms with E-state index in [2.05, 4.69) is 0 Å². The van der Waals surface area contributed by atoms with E-state index < -0.39 is 16.5 Å². The number of nitrogens with zero attached hydrogens (tertiary/aromatic N) is 1. The van der Waals surface area contributed by atoms with Gasteiger partial charge in [0, 0.05) is 29.7 Å². The summed E-state index contributed by atoms with van der Waals surface area (Å²) in [5.41, 5.74) is 0.653. The Hall–Kier alpha value is -3.48. The van der Waals surface area contributed by atoms with Crippen molar-refractivity contribution < 1.29 is 18.9 Å². The standard InChI is InChI=1S/C17H11NO6/c1-10-8-13(9-15-14(10)6-7-16(19)24-15)23-17(20)11-2-4-12(5-3-11)18(21)22/h2-9H,1H3. The number of aryl methyl sites for hydroxylation is 1. The molecule has 0 aliphatic rings. The van der Waals surface area contributed by atoms with E-state index in [1.54, 1.807) is 19.1 Å². The van der Waals surface area contributed by atoms with Crippen LogP contribution in [0.5, 0.6) is 5.75 Å². The quantitative estimate of drug-likeness (QED) is 0.241. The number of rotatable bonds is 3. The maximum Gasteiger partial charge on any atom is 0.343 e. The van der Waals surface area contributed by atoms with Crippen LogP contribution in [0.15, 0.2) is 57.7 Å². The van der Waals surface area contributed by atoms with E-state index in [1.165, 1.54) is 36.4 Å². The van der Waals surface area contributed by atoms with E-state index in [9.17, 15) is 19.7 Å². The predicted octanol–water partition coefficient (Wildman–Crippen LogP) is 3.23. The number of nitro groups is 1. The molecule has 24 heavy (non-hydrogen) atoms. The van der Waals surface area contributed by atoms with Crippen LogP contribution in [0.3, 0.4) is 0 Å². The Morgan fingerprint density at radius 2 is 1.83 bits per heavy atom. The number of ether oxygens (including phenoxy) is 1. The molecular formula is C17H11NO6. The van der Waals surface area contributed by atoms with Gasteiger partial charge in [-0.1, -0.05) is 0 Å². The molecule has 0 saturated carbocycles. The van der Waals surface area contributed by atoms with Gasteiger partial charge in [0.25, 0.3) is 5.69 Å². The maximum atomic E-state index is 12.1. The van der Waals surface area contributed by atoms with E-state index in [0.717, 1.165) is 10.9 Å². The summed E-state index contributed by atoms with van der Waals surface area (Å²) in [5, 5.41) is 11.4. The lowest BCUT2D eigenvalue weighted by Crippen LogP contribution is -2.08. The summed E-state index contributed by atoms with van der Waals surface area (Å²) in [7, 11) is 0. The van der Waals surface area contributed by atoms with Crippen molar-refractivity contribution in [1.29, 1.82) is 0 Å². The van der Waals surface area contributed by atoms with Gasteiger partial charge < -0.3 is 9.15 Å². The molecule has 1 aromatic heterocycles. The molecule has 0 aliphatic carbocycles. The van der Waals surface area contributed by atoms with Crippen LogP contribution < -0.4 is 10.4 Å². The summed E-state index contributed by atoms with van der Waals surface area (Å²) in [6.07, 6.45) is 0. The Labute approximate surface area is 135 Å². The number of carbonyl (C=O) groups excluding carboxylic acids is 1. The second-order valence-corrected chi connectivity index (χ2v) is 5.10. The van der Waals surface area contributed by atoms with Crippen LogP contribution >= 0.6 is 0 Å². The Bertz CT molecular complexity index is 1000. The lowest BCUT2D eigenvalue weighted by Gasteiger charge is -2.07. The SMILES string of the molecule is Cc1cc(OC(=O)c2ccc([N+](=O)[O-])cc2)cc2oc(=O)ccc12. The fourth-order valence-electron chi connectivity index (χ4n) is 2.27. The van der Waals surface area contributed by atoms with E-state index in [-0.39, 0.29) is 17.0 Å². The molecule has 1 heterocycles. The maximum absolute atomic E-state index is 12.1.